The molecule has 0 aliphatic rings. The monoisotopic (exact) mass is 271 g/mol. The van der Waals surface area contributed by atoms with Crippen molar-refractivity contribution in [2.75, 3.05) is 0 Å². The van der Waals surface area contributed by atoms with Crippen LogP contribution in [0.25, 0.3) is 10.1 Å². The van der Waals surface area contributed by atoms with Crippen LogP contribution in [0.4, 0.5) is 4.39 Å². The molecule has 3 aromatic rings. The molecule has 2 heterocycles. The lowest BCUT2D eigenvalue weighted by molar-refractivity contribution is 0.0989. The minimum Gasteiger partial charge on any atom is -0.294 e. The second kappa shape index (κ2) is 4.90. The van der Waals surface area contributed by atoms with Crippen LogP contribution in [0.2, 0.25) is 0 Å². The van der Waals surface area contributed by atoms with Crippen molar-refractivity contribution in [2.24, 2.45) is 0 Å². The van der Waals surface area contributed by atoms with Gasteiger partial charge in [0, 0.05) is 17.3 Å². The molecule has 1 aromatic carbocycles. The highest BCUT2D eigenvalue weighted by Crippen LogP contribution is 2.26. The van der Waals surface area contributed by atoms with Gasteiger partial charge in [-0.15, -0.1) is 11.3 Å². The molecule has 2 aromatic heterocycles. The van der Waals surface area contributed by atoms with Crippen molar-refractivity contribution in [1.29, 1.82) is 0 Å². The van der Waals surface area contributed by atoms with E-state index in [0.717, 1.165) is 21.8 Å². The van der Waals surface area contributed by atoms with E-state index in [2.05, 4.69) is 4.98 Å². The molecular weight excluding hydrogens is 261 g/mol. The number of rotatable bonds is 3. The Hall–Kier alpha value is -2.07. The highest BCUT2D eigenvalue weighted by molar-refractivity contribution is 7.17. The highest BCUT2D eigenvalue weighted by Gasteiger charge is 2.14. The number of nitrogens with zero attached hydrogens (tertiary/aromatic N) is 1. The zero-order valence-electron chi connectivity index (χ0n) is 9.97. The Kier molecular flexibility index (Phi) is 3.09. The van der Waals surface area contributed by atoms with Gasteiger partial charge in [-0.25, -0.2) is 4.39 Å². The molecule has 4 heteroatoms. The first kappa shape index (κ1) is 12.0. The van der Waals surface area contributed by atoms with Gasteiger partial charge in [0.1, 0.15) is 0 Å². The molecule has 0 N–H and O–H groups in total. The van der Waals surface area contributed by atoms with Gasteiger partial charge in [-0.1, -0.05) is 18.2 Å². The van der Waals surface area contributed by atoms with Gasteiger partial charge in [0.25, 0.3) is 0 Å². The lowest BCUT2D eigenvalue weighted by atomic mass is 10.0. The summed E-state index contributed by atoms with van der Waals surface area (Å²) in [5.41, 5.74) is 1.05. The number of aromatic nitrogens is 1. The number of halogens is 1. The average molecular weight is 271 g/mol. The average Bonchev–Trinajstić information content (AvgIpc) is 2.83. The number of ketones is 1. The maximum Gasteiger partial charge on any atom is 0.170 e. The molecule has 0 fully saturated rings. The van der Waals surface area contributed by atoms with Crippen molar-refractivity contribution < 1.29 is 9.18 Å². The molecule has 0 saturated carbocycles. The molecule has 0 bridgehead atoms. The van der Waals surface area contributed by atoms with E-state index in [1.807, 2.05) is 29.6 Å². The summed E-state index contributed by atoms with van der Waals surface area (Å²) in [5, 5.41) is 3.03. The molecule has 94 valence electrons. The Morgan fingerprint density at radius 3 is 2.95 bits per heavy atom. The fraction of sp³-hybridized carbons (Fsp3) is 0.0667. The smallest absolute Gasteiger partial charge is 0.170 e. The SMILES string of the molecule is O=C(Cc1csc2ccccc12)c1ccncc1F. The summed E-state index contributed by atoms with van der Waals surface area (Å²) in [6.07, 6.45) is 2.71. The molecule has 0 radical (unpaired) electrons. The van der Waals surface area contributed by atoms with Crippen LogP contribution in [0.15, 0.2) is 48.1 Å². The number of hydrogen-bond donors (Lipinski definition) is 0. The van der Waals surface area contributed by atoms with E-state index < -0.39 is 5.82 Å². The topological polar surface area (TPSA) is 30.0 Å². The number of carbonyl (C=O) groups excluding carboxylic acids is 1. The normalized spacial score (nSPS) is 10.8. The van der Waals surface area contributed by atoms with Crippen LogP contribution in [0.5, 0.6) is 0 Å². The predicted molar refractivity (Wildman–Crippen MR) is 74.1 cm³/mol. The van der Waals surface area contributed by atoms with E-state index in [-0.39, 0.29) is 17.8 Å². The summed E-state index contributed by atoms with van der Waals surface area (Å²) < 4.78 is 14.6. The molecule has 3 rings (SSSR count). The summed E-state index contributed by atoms with van der Waals surface area (Å²) in [6, 6.07) is 9.33. The van der Waals surface area contributed by atoms with Crippen LogP contribution in [0.1, 0.15) is 15.9 Å². The summed E-state index contributed by atoms with van der Waals surface area (Å²) in [5.74, 6) is -0.782. The van der Waals surface area contributed by atoms with Crippen molar-refractivity contribution >= 4 is 27.2 Å². The Morgan fingerprint density at radius 2 is 2.11 bits per heavy atom. The van der Waals surface area contributed by atoms with E-state index in [9.17, 15) is 9.18 Å². The lowest BCUT2D eigenvalue weighted by Gasteiger charge is -2.01. The van der Waals surface area contributed by atoms with Crippen molar-refractivity contribution in [3.8, 4) is 0 Å². The van der Waals surface area contributed by atoms with Gasteiger partial charge in [0.2, 0.25) is 0 Å². The lowest BCUT2D eigenvalue weighted by Crippen LogP contribution is -2.06. The van der Waals surface area contributed by atoms with Gasteiger partial charge in [0.15, 0.2) is 11.6 Å². The molecule has 2 nitrogen and oxygen atoms in total. The Labute approximate surface area is 113 Å². The zero-order valence-corrected chi connectivity index (χ0v) is 10.8. The van der Waals surface area contributed by atoms with Gasteiger partial charge in [-0.2, -0.15) is 0 Å². The predicted octanol–water partition coefficient (Wildman–Crippen LogP) is 3.86. The van der Waals surface area contributed by atoms with Crippen LogP contribution in [0, 0.1) is 5.82 Å². The highest BCUT2D eigenvalue weighted by atomic mass is 32.1. The number of thiophene rings is 1. The molecular formula is C15H10FNOS. The van der Waals surface area contributed by atoms with Crippen LogP contribution in [0.3, 0.4) is 0 Å². The van der Waals surface area contributed by atoms with Gasteiger partial charge in [-0.05, 0) is 28.5 Å². The molecule has 0 aliphatic carbocycles. The Morgan fingerprint density at radius 1 is 1.26 bits per heavy atom. The fourth-order valence-corrected chi connectivity index (χ4v) is 3.00. The van der Waals surface area contributed by atoms with Gasteiger partial charge in [0.05, 0.1) is 11.8 Å². The molecule has 0 aliphatic heterocycles. The molecule has 0 saturated heterocycles. The number of pyridine rings is 1. The van der Waals surface area contributed by atoms with Crippen molar-refractivity contribution in [3.05, 3.63) is 65.0 Å². The maximum absolute atomic E-state index is 13.5. The van der Waals surface area contributed by atoms with Crippen molar-refractivity contribution in [1.82, 2.24) is 4.98 Å². The summed E-state index contributed by atoms with van der Waals surface area (Å²) in [6.45, 7) is 0. The van der Waals surface area contributed by atoms with E-state index in [4.69, 9.17) is 0 Å². The maximum atomic E-state index is 13.5. The minimum absolute atomic E-state index is 0.102. The van der Waals surface area contributed by atoms with Crippen molar-refractivity contribution in [3.63, 3.8) is 0 Å². The second-order valence-corrected chi connectivity index (χ2v) is 5.12. The van der Waals surface area contributed by atoms with Crippen LogP contribution >= 0.6 is 11.3 Å². The number of benzene rings is 1. The van der Waals surface area contributed by atoms with Gasteiger partial charge in [-0.3, -0.25) is 9.78 Å². The van der Waals surface area contributed by atoms with Crippen molar-refractivity contribution in [2.45, 2.75) is 6.42 Å². The minimum atomic E-state index is -0.563. The number of fused-ring (bicyclic) bond motifs is 1. The van der Waals surface area contributed by atoms with E-state index in [0.29, 0.717) is 0 Å². The van der Waals surface area contributed by atoms with Crippen LogP contribution < -0.4 is 0 Å². The third kappa shape index (κ3) is 2.27. The second-order valence-electron chi connectivity index (χ2n) is 4.21. The molecule has 0 unspecified atom stereocenters. The van der Waals surface area contributed by atoms with E-state index >= 15 is 0 Å². The molecule has 0 spiro atoms. The number of carbonyl (C=O) groups is 1. The first-order chi connectivity index (χ1) is 9.25. The number of hydrogen-bond acceptors (Lipinski definition) is 3. The summed E-state index contributed by atoms with van der Waals surface area (Å²) in [4.78, 5) is 15.8. The summed E-state index contributed by atoms with van der Waals surface area (Å²) >= 11 is 1.60. The van der Waals surface area contributed by atoms with E-state index in [1.54, 1.807) is 11.3 Å². The first-order valence-electron chi connectivity index (χ1n) is 5.83. The van der Waals surface area contributed by atoms with Gasteiger partial charge >= 0.3 is 0 Å². The zero-order chi connectivity index (χ0) is 13.2. The fourth-order valence-electron chi connectivity index (χ4n) is 2.04. The quantitative estimate of drug-likeness (QED) is 0.677. The van der Waals surface area contributed by atoms with Crippen LogP contribution in [-0.4, -0.2) is 10.8 Å². The molecule has 0 amide bonds. The first-order valence-corrected chi connectivity index (χ1v) is 6.71. The largest absolute Gasteiger partial charge is 0.294 e. The standard InChI is InChI=1S/C15H10FNOS/c16-13-8-17-6-5-12(13)14(18)7-10-9-19-15-4-2-1-3-11(10)15/h1-6,8-9H,7H2. The third-order valence-electron chi connectivity index (χ3n) is 2.99. The number of Topliss-reactive ketones (excluding diaryl/α,β-unsaturated/α-hetero) is 1. The Balaban J connectivity index is 1.94. The van der Waals surface area contributed by atoms with E-state index in [1.165, 1.54) is 12.3 Å². The third-order valence-corrected chi connectivity index (χ3v) is 4.00. The van der Waals surface area contributed by atoms with Gasteiger partial charge < -0.3 is 0 Å². The Bertz CT molecular complexity index is 750. The summed E-state index contributed by atoms with van der Waals surface area (Å²) in [7, 11) is 0. The molecule has 19 heavy (non-hydrogen) atoms. The molecule has 0 atom stereocenters. The van der Waals surface area contributed by atoms with Crippen LogP contribution in [-0.2, 0) is 6.42 Å².